The number of aliphatic hydroxyl groups is 1. The van der Waals surface area contributed by atoms with E-state index in [4.69, 9.17) is 0 Å². The molecule has 0 aliphatic carbocycles. The first-order valence-corrected chi connectivity index (χ1v) is 42.0. The summed E-state index contributed by atoms with van der Waals surface area (Å²) in [5, 5.41) is 82.7. The topological polar surface area (TPSA) is 153 Å². The molecule has 610 valence electrons. The summed E-state index contributed by atoms with van der Waals surface area (Å²) in [4.78, 5) is 16.1. The number of ketones is 1. The molecule has 23 aromatic rings. The summed E-state index contributed by atoms with van der Waals surface area (Å²) < 4.78 is 0. The van der Waals surface area contributed by atoms with Crippen molar-refractivity contribution in [3.05, 3.63) is 345 Å². The zero-order valence-electron chi connectivity index (χ0n) is 70.6. The third-order valence-electron chi connectivity index (χ3n) is 24.3. The molecule has 0 saturated heterocycles. The number of nitrogens with zero attached hydrogens (tertiary/aromatic N) is 9. The summed E-state index contributed by atoms with van der Waals surface area (Å²) in [5.74, 6) is 3.05. The van der Waals surface area contributed by atoms with E-state index < -0.39 is 5.41 Å². The van der Waals surface area contributed by atoms with Gasteiger partial charge in [0.25, 0.3) is 0 Å². The Morgan fingerprint density at radius 2 is 0.736 bits per heavy atom. The normalized spacial score (nSPS) is 12.0. The predicted molar refractivity (Wildman–Crippen MR) is 511 cm³/mol. The molecule has 0 spiro atoms. The maximum absolute atomic E-state index is 11.5. The molecule has 3 heterocycles. The molecule has 125 heavy (non-hydrogen) atoms. The molecule has 11 nitrogen and oxygen atoms in total. The van der Waals surface area contributed by atoms with Crippen LogP contribution in [0.2, 0.25) is 0 Å². The second kappa shape index (κ2) is 33.2. The first kappa shape index (κ1) is 82.3. The fourth-order valence-corrected chi connectivity index (χ4v) is 17.8. The molecule has 0 aliphatic rings. The van der Waals surface area contributed by atoms with E-state index in [1.54, 1.807) is 0 Å². The number of rotatable bonds is 8. The minimum Gasteiger partial charge on any atom is -0.512 e. The number of hydrogen-bond acceptors (Lipinski definition) is 11. The van der Waals surface area contributed by atoms with Gasteiger partial charge in [0.1, 0.15) is 17.4 Å². The summed E-state index contributed by atoms with van der Waals surface area (Å²) >= 11 is 0. The molecule has 0 unspecified atom stereocenters. The van der Waals surface area contributed by atoms with Gasteiger partial charge in [0.05, 0.1) is 0 Å². The van der Waals surface area contributed by atoms with Crippen LogP contribution in [0.3, 0.4) is 0 Å². The van der Waals surface area contributed by atoms with Crippen molar-refractivity contribution >= 4 is 167 Å². The van der Waals surface area contributed by atoms with Gasteiger partial charge in [-0.1, -0.05) is 355 Å². The number of carbonyl (C=O) groups excluding carboxylic acids is 1. The van der Waals surface area contributed by atoms with Crippen LogP contribution in [0, 0.1) is 29.0 Å². The summed E-state index contributed by atoms with van der Waals surface area (Å²) in [6.45, 7) is 20.0. The minimum absolute atomic E-state index is 0. The molecule has 0 saturated carbocycles. The van der Waals surface area contributed by atoms with Crippen molar-refractivity contribution < 1.29 is 50.1 Å². The first-order valence-electron chi connectivity index (χ1n) is 42.0. The van der Waals surface area contributed by atoms with Crippen LogP contribution in [0.1, 0.15) is 92.2 Å². The van der Waals surface area contributed by atoms with Gasteiger partial charge < -0.3 is 10.1 Å². The van der Waals surface area contributed by atoms with E-state index >= 15 is 0 Å². The fraction of sp³-hybridized carbons (Fsp3) is 0.125. The number of benzene rings is 20. The molecule has 1 N–H and O–H groups in total. The van der Waals surface area contributed by atoms with Gasteiger partial charge in [0.15, 0.2) is 5.78 Å². The van der Waals surface area contributed by atoms with E-state index in [1.165, 1.54) is 152 Å². The third-order valence-corrected chi connectivity index (χ3v) is 24.3. The van der Waals surface area contributed by atoms with Crippen molar-refractivity contribution in [3.8, 4) is 56.8 Å². The summed E-state index contributed by atoms with van der Waals surface area (Å²) in [6, 6.07) is 116. The van der Waals surface area contributed by atoms with Crippen molar-refractivity contribution in [2.45, 2.75) is 81.1 Å². The maximum Gasteiger partial charge on any atom is 0.202 e. The largest absolute Gasteiger partial charge is 0.512 e. The van der Waals surface area contributed by atoms with E-state index in [0.717, 1.165) is 60.4 Å². The van der Waals surface area contributed by atoms with Gasteiger partial charge in [-0.15, -0.1) is 91.7 Å². The molecule has 3 aromatic heterocycles. The quantitative estimate of drug-likeness (QED) is 0.0508. The molecule has 0 bridgehead atoms. The summed E-state index contributed by atoms with van der Waals surface area (Å²) in [5.41, 5.74) is 7.40. The second-order valence-corrected chi connectivity index (χ2v) is 34.7. The molecule has 0 fully saturated rings. The number of allylic oxidation sites excluding steroid dienone is 2. The Morgan fingerprint density at radius 1 is 0.320 bits per heavy atom. The van der Waals surface area contributed by atoms with Gasteiger partial charge in [-0.2, -0.15) is 20.4 Å². The third kappa shape index (κ3) is 14.9. The maximum atomic E-state index is 11.5. The van der Waals surface area contributed by atoms with Gasteiger partial charge in [-0.3, -0.25) is 4.79 Å². The molecule has 23 rings (SSSR count). The van der Waals surface area contributed by atoms with Crippen LogP contribution >= 0.6 is 0 Å². The number of hydrogen-bond donors (Lipinski definition) is 1. The van der Waals surface area contributed by atoms with Crippen LogP contribution in [0.4, 0.5) is 0 Å². The van der Waals surface area contributed by atoms with Crippen molar-refractivity contribution in [2.75, 3.05) is 0 Å². The van der Waals surface area contributed by atoms with Crippen molar-refractivity contribution in [2.24, 2.45) is 10.8 Å². The van der Waals surface area contributed by atoms with Crippen molar-refractivity contribution in [1.29, 1.82) is 0 Å². The number of aliphatic hydroxyl groups excluding tert-OH is 1. The Bertz CT molecular complexity index is 7650. The van der Waals surface area contributed by atoms with Crippen molar-refractivity contribution in [3.63, 3.8) is 0 Å². The van der Waals surface area contributed by atoms with Gasteiger partial charge in [-0.25, -0.2) is 0 Å². The second-order valence-electron chi connectivity index (χ2n) is 34.7. The molecule has 0 aliphatic heterocycles. The molecule has 0 atom stereocenters. The van der Waals surface area contributed by atoms with E-state index in [0.29, 0.717) is 35.1 Å². The fourth-order valence-electron chi connectivity index (χ4n) is 17.8. The molecular weight excluding hydrogens is 1890 g/mol. The monoisotopic (exact) mass is 1970 g/mol. The van der Waals surface area contributed by atoms with Crippen LogP contribution in [-0.4, -0.2) is 56.7 Å². The average Bonchev–Trinajstić information content (AvgIpc) is 0.711. The first-order chi connectivity index (χ1) is 59.8. The summed E-state index contributed by atoms with van der Waals surface area (Å²) in [6.07, 6.45) is 3.22. The standard InChI is InChI=1S/C42H21N4.C38H21N4.C21H22N.C11H20O2.2Ir/c1-7-23-9-3-13-27-33-19-21-35(31-17-5-15-29(39(31)33)25(11-1)37(23)27)41-43-45-42(46-44-41)36-22-20-34-28-14-4-10-24-8-2-12-26(38(24)28)30-16-6-18-32(36)40(30)34;1-3-13-29-25(9-1)27-11-5-7-15-31(27)35-21-23(17-19-33(29)35)37-39-41-38(42-40-37)24-18-20-34-30-14-4-2-10-26(30)28-12-6-8-16-32(28)36(34)22-24;1-14(2)17-6-5-7-19(12-17)21-20-13-18(15(3)4)9-8-16(20)10-11-22-21;1-10(2,3)8(12)7-9(13)11(4,5)6;;/h1-21H;1-17,19-22H;5-6,8-15H,1-4H3;7,12H,1-6H3;;/q3*-1;;;. The minimum atomic E-state index is -0.417. The molecule has 13 heteroatoms. The van der Waals surface area contributed by atoms with Crippen LogP contribution in [0.25, 0.3) is 218 Å². The SMILES string of the molecule is CC(C)(C)C(=O)C=C(O)C(C)(C)C.CC(C)c1cc[c-]c(-c2nccc3ccc(C(C)C)cc23)c1.[Ir].[Ir].[c-]1cc2c3cccc4cccc(c5cccc(c1-c1nnc(-c6ccc7c8cccc9cccc(c%10cccc6c%107)c98)nn1)c25)c43.[c-]1cc2c3ccccc3c3ccccc3c2cc1-c1nnc(-c2ccc3c4ccccc4c4ccccc4c3c2)nn1. The van der Waals surface area contributed by atoms with Gasteiger partial charge in [-0.05, 0) is 165 Å². The van der Waals surface area contributed by atoms with Gasteiger partial charge in [0, 0.05) is 74.4 Å². The number of fused-ring (bicyclic) bond motifs is 17. The zero-order valence-corrected chi connectivity index (χ0v) is 75.4. The Labute approximate surface area is 750 Å². The van der Waals surface area contributed by atoms with E-state index in [1.807, 2.05) is 59.9 Å². The van der Waals surface area contributed by atoms with E-state index in [-0.39, 0.29) is 57.2 Å². The molecular formula is C112H84Ir2N9O2-3. The smallest absolute Gasteiger partial charge is 0.202 e. The Kier molecular flexibility index (Phi) is 21.9. The van der Waals surface area contributed by atoms with Crippen molar-refractivity contribution in [1.82, 2.24) is 45.8 Å². The number of carbonyl (C=O) groups is 1. The van der Waals surface area contributed by atoms with Crippen LogP contribution in [-0.2, 0) is 45.0 Å². The number of pyridine rings is 1. The van der Waals surface area contributed by atoms with Crippen LogP contribution in [0.15, 0.2) is 315 Å². The Balaban J connectivity index is 0.000000123. The van der Waals surface area contributed by atoms with Crippen LogP contribution < -0.4 is 0 Å². The van der Waals surface area contributed by atoms with E-state index in [9.17, 15) is 9.90 Å². The Morgan fingerprint density at radius 3 is 1.27 bits per heavy atom. The zero-order chi connectivity index (χ0) is 84.1. The summed E-state index contributed by atoms with van der Waals surface area (Å²) in [7, 11) is 0. The molecule has 20 aromatic carbocycles. The van der Waals surface area contributed by atoms with Gasteiger partial charge >= 0.3 is 0 Å². The Hall–Kier alpha value is -13.6. The number of aromatic nitrogens is 9. The van der Waals surface area contributed by atoms with Crippen LogP contribution in [0.5, 0.6) is 0 Å². The molecule has 2 radical (unpaired) electrons. The predicted octanol–water partition coefficient (Wildman–Crippen LogP) is 28.9. The average molecular weight is 1970 g/mol. The van der Waals surface area contributed by atoms with E-state index in [2.05, 4.69) is 377 Å². The van der Waals surface area contributed by atoms with Gasteiger partial charge in [0.2, 0.25) is 11.6 Å². The molecule has 0 amide bonds.